The van der Waals surface area contributed by atoms with Crippen LogP contribution in [-0.4, -0.2) is 41.8 Å². The van der Waals surface area contributed by atoms with Crippen molar-refractivity contribution in [2.75, 3.05) is 19.7 Å². The fourth-order valence-corrected chi connectivity index (χ4v) is 2.67. The van der Waals surface area contributed by atoms with Crippen LogP contribution in [0.3, 0.4) is 0 Å². The highest BCUT2D eigenvalue weighted by atomic mass is 16.5. The predicted molar refractivity (Wildman–Crippen MR) is 77.8 cm³/mol. The van der Waals surface area contributed by atoms with Crippen molar-refractivity contribution < 1.29 is 14.6 Å². The van der Waals surface area contributed by atoms with Gasteiger partial charge in [0.05, 0.1) is 17.7 Å². The Hall–Kier alpha value is -1.90. The smallest absolute Gasteiger partial charge is 0.329 e. The summed E-state index contributed by atoms with van der Waals surface area (Å²) in [7, 11) is 0. The number of nitriles is 1. The van der Waals surface area contributed by atoms with Crippen LogP contribution in [0.15, 0.2) is 24.3 Å². The molecular formula is C16H20N2O3. The van der Waals surface area contributed by atoms with Gasteiger partial charge < -0.3 is 9.84 Å². The van der Waals surface area contributed by atoms with Crippen LogP contribution in [0.5, 0.6) is 0 Å². The normalized spacial score (nSPS) is 18.1. The zero-order valence-electron chi connectivity index (χ0n) is 12.2. The summed E-state index contributed by atoms with van der Waals surface area (Å²) in [4.78, 5) is 12.9. The summed E-state index contributed by atoms with van der Waals surface area (Å²) in [5.41, 5.74) is 1.87. The van der Waals surface area contributed by atoms with Gasteiger partial charge in [0.15, 0.2) is 0 Å². The molecule has 1 atom stereocenters. The molecule has 21 heavy (non-hydrogen) atoms. The Labute approximate surface area is 124 Å². The summed E-state index contributed by atoms with van der Waals surface area (Å²) in [6.45, 7) is 3.73. The average Bonchev–Trinajstić information content (AvgIpc) is 2.53. The van der Waals surface area contributed by atoms with Gasteiger partial charge in [-0.05, 0) is 37.5 Å². The van der Waals surface area contributed by atoms with Gasteiger partial charge in [-0.15, -0.1) is 0 Å². The average molecular weight is 288 g/mol. The number of carboxylic acid groups (broad SMARTS) is 1. The highest BCUT2D eigenvalue weighted by Gasteiger charge is 2.24. The lowest BCUT2D eigenvalue weighted by Gasteiger charge is -2.36. The van der Waals surface area contributed by atoms with E-state index >= 15 is 0 Å². The molecule has 1 N–H and O–H groups in total. The number of ether oxygens (including phenoxy) is 1. The molecule has 0 amide bonds. The van der Waals surface area contributed by atoms with Crippen LogP contribution in [0.1, 0.15) is 36.9 Å². The van der Waals surface area contributed by atoms with Gasteiger partial charge in [0.1, 0.15) is 6.61 Å². The first-order chi connectivity index (χ1) is 10.1. The fourth-order valence-electron chi connectivity index (χ4n) is 2.67. The third-order valence-electron chi connectivity index (χ3n) is 3.99. The highest BCUT2D eigenvalue weighted by Crippen LogP contribution is 2.25. The van der Waals surface area contributed by atoms with Gasteiger partial charge in [-0.25, -0.2) is 4.79 Å². The topological polar surface area (TPSA) is 73.6 Å². The van der Waals surface area contributed by atoms with Gasteiger partial charge in [0, 0.05) is 19.1 Å². The summed E-state index contributed by atoms with van der Waals surface area (Å²) < 4.78 is 5.35. The van der Waals surface area contributed by atoms with Gasteiger partial charge in [0.2, 0.25) is 0 Å². The van der Waals surface area contributed by atoms with Crippen LogP contribution in [0.4, 0.5) is 0 Å². The van der Waals surface area contributed by atoms with Crippen molar-refractivity contribution in [1.82, 2.24) is 4.90 Å². The van der Waals surface area contributed by atoms with E-state index in [-0.39, 0.29) is 18.8 Å². The molecule has 1 aliphatic rings. The van der Waals surface area contributed by atoms with Crippen molar-refractivity contribution in [2.45, 2.75) is 31.9 Å². The highest BCUT2D eigenvalue weighted by molar-refractivity contribution is 5.68. The summed E-state index contributed by atoms with van der Waals surface area (Å²) in [5.74, 6) is -0.914. The van der Waals surface area contributed by atoms with Gasteiger partial charge in [-0.2, -0.15) is 5.26 Å². The van der Waals surface area contributed by atoms with E-state index in [4.69, 9.17) is 15.1 Å². The van der Waals surface area contributed by atoms with E-state index in [1.807, 2.05) is 24.3 Å². The summed E-state index contributed by atoms with van der Waals surface area (Å²) in [5, 5.41) is 17.4. The number of hydrogen-bond acceptors (Lipinski definition) is 4. The van der Waals surface area contributed by atoms with Gasteiger partial charge >= 0.3 is 5.97 Å². The first kappa shape index (κ1) is 15.5. The number of carboxylic acids is 1. The molecule has 0 aromatic heterocycles. The number of benzene rings is 1. The van der Waals surface area contributed by atoms with Crippen molar-refractivity contribution in [3.05, 3.63) is 35.4 Å². The number of piperidine rings is 1. The zero-order chi connectivity index (χ0) is 15.2. The maximum Gasteiger partial charge on any atom is 0.329 e. The van der Waals surface area contributed by atoms with Crippen LogP contribution in [0.2, 0.25) is 0 Å². The number of carbonyl (C=O) groups is 1. The van der Waals surface area contributed by atoms with Crippen molar-refractivity contribution in [3.63, 3.8) is 0 Å². The van der Waals surface area contributed by atoms with Crippen molar-refractivity contribution >= 4 is 5.97 Å². The van der Waals surface area contributed by atoms with E-state index in [1.54, 1.807) is 0 Å². The molecule has 5 heteroatoms. The Morgan fingerprint density at radius 1 is 1.43 bits per heavy atom. The minimum atomic E-state index is -0.914. The first-order valence-electron chi connectivity index (χ1n) is 7.17. The van der Waals surface area contributed by atoms with Crippen LogP contribution >= 0.6 is 0 Å². The lowest BCUT2D eigenvalue weighted by Crippen LogP contribution is -2.39. The SMILES string of the molecule is CC(c1ccc(C#N)cc1)N1CCC(OCC(=O)O)CC1. The van der Waals surface area contributed by atoms with Crippen LogP contribution < -0.4 is 0 Å². The standard InChI is InChI=1S/C16H20N2O3/c1-12(14-4-2-13(10-17)3-5-14)18-8-6-15(7-9-18)21-11-16(19)20/h2-5,12,15H,6-9,11H2,1H3,(H,19,20). The Kier molecular flexibility index (Phi) is 5.32. The van der Waals surface area contributed by atoms with E-state index in [1.165, 1.54) is 5.56 Å². The van der Waals surface area contributed by atoms with Gasteiger partial charge in [-0.1, -0.05) is 12.1 Å². The molecule has 5 nitrogen and oxygen atoms in total. The lowest BCUT2D eigenvalue weighted by molar-refractivity contribution is -0.145. The molecule has 112 valence electrons. The Balaban J connectivity index is 1.86. The van der Waals surface area contributed by atoms with E-state index in [0.717, 1.165) is 25.9 Å². The largest absolute Gasteiger partial charge is 0.480 e. The number of likely N-dealkylation sites (tertiary alicyclic amines) is 1. The molecule has 0 saturated carbocycles. The quantitative estimate of drug-likeness (QED) is 0.899. The molecule has 1 aromatic rings. The number of hydrogen-bond donors (Lipinski definition) is 1. The second-order valence-electron chi connectivity index (χ2n) is 5.35. The van der Waals surface area contributed by atoms with Crippen LogP contribution in [-0.2, 0) is 9.53 Å². The third kappa shape index (κ3) is 4.28. The second-order valence-corrected chi connectivity index (χ2v) is 5.35. The molecule has 1 aliphatic heterocycles. The van der Waals surface area contributed by atoms with E-state index < -0.39 is 5.97 Å². The second kappa shape index (κ2) is 7.21. The lowest BCUT2D eigenvalue weighted by atomic mass is 10.0. The van der Waals surface area contributed by atoms with E-state index in [0.29, 0.717) is 5.56 Å². The molecule has 2 rings (SSSR count). The number of aliphatic carboxylic acids is 1. The third-order valence-corrected chi connectivity index (χ3v) is 3.99. The predicted octanol–water partition coefficient (Wildman–Crippen LogP) is 2.18. The monoisotopic (exact) mass is 288 g/mol. The van der Waals surface area contributed by atoms with E-state index in [9.17, 15) is 4.79 Å². The molecule has 1 saturated heterocycles. The molecule has 1 aromatic carbocycles. The molecule has 1 unspecified atom stereocenters. The minimum Gasteiger partial charge on any atom is -0.480 e. The summed E-state index contributed by atoms with van der Waals surface area (Å²) in [6, 6.07) is 10.1. The Morgan fingerprint density at radius 3 is 2.57 bits per heavy atom. The first-order valence-corrected chi connectivity index (χ1v) is 7.17. The summed E-state index contributed by atoms with van der Waals surface area (Å²) >= 11 is 0. The Morgan fingerprint density at radius 2 is 2.05 bits per heavy atom. The molecule has 0 bridgehead atoms. The summed E-state index contributed by atoms with van der Waals surface area (Å²) in [6.07, 6.45) is 1.76. The molecule has 1 heterocycles. The van der Waals surface area contributed by atoms with Crippen LogP contribution in [0.25, 0.3) is 0 Å². The fraction of sp³-hybridized carbons (Fsp3) is 0.500. The maximum atomic E-state index is 10.5. The van der Waals surface area contributed by atoms with Crippen molar-refractivity contribution in [1.29, 1.82) is 5.26 Å². The molecular weight excluding hydrogens is 268 g/mol. The molecule has 0 aliphatic carbocycles. The van der Waals surface area contributed by atoms with Crippen molar-refractivity contribution in [3.8, 4) is 6.07 Å². The van der Waals surface area contributed by atoms with E-state index in [2.05, 4.69) is 17.9 Å². The molecule has 1 fully saturated rings. The number of rotatable bonds is 5. The van der Waals surface area contributed by atoms with Gasteiger partial charge in [-0.3, -0.25) is 4.90 Å². The minimum absolute atomic E-state index is 0.0468. The maximum absolute atomic E-state index is 10.5. The molecule has 0 spiro atoms. The number of nitrogens with zero attached hydrogens (tertiary/aromatic N) is 2. The van der Waals surface area contributed by atoms with Crippen molar-refractivity contribution in [2.24, 2.45) is 0 Å². The Bertz CT molecular complexity index is 513. The van der Waals surface area contributed by atoms with Gasteiger partial charge in [0.25, 0.3) is 0 Å². The van der Waals surface area contributed by atoms with Crippen LogP contribution in [0, 0.1) is 11.3 Å². The molecule has 0 radical (unpaired) electrons. The zero-order valence-corrected chi connectivity index (χ0v) is 12.2.